The van der Waals surface area contributed by atoms with Crippen molar-refractivity contribution < 1.29 is 13.2 Å². The van der Waals surface area contributed by atoms with Gasteiger partial charge in [-0.1, -0.05) is 0 Å². The van der Waals surface area contributed by atoms with Crippen LogP contribution in [0.2, 0.25) is 0 Å². The molecule has 7 heteroatoms. The molecular formula is C9H6F3N4. The molecule has 0 saturated carbocycles. The van der Waals surface area contributed by atoms with Crippen molar-refractivity contribution in [3.8, 4) is 11.5 Å². The minimum Gasteiger partial charge on any atom is -0.285 e. The number of alkyl halides is 3. The van der Waals surface area contributed by atoms with Crippen molar-refractivity contribution >= 4 is 0 Å². The second-order valence-corrected chi connectivity index (χ2v) is 3.08. The van der Waals surface area contributed by atoms with E-state index >= 15 is 0 Å². The highest BCUT2D eigenvalue weighted by molar-refractivity contribution is 5.46. The van der Waals surface area contributed by atoms with Gasteiger partial charge in [-0.2, -0.15) is 18.3 Å². The Morgan fingerprint density at radius 3 is 2.69 bits per heavy atom. The number of rotatable bonds is 2. The number of hydrogen-bond donors (Lipinski definition) is 1. The molecule has 2 rings (SSSR count). The molecule has 0 aliphatic heterocycles. The average Bonchev–Trinajstić information content (AvgIpc) is 2.69. The highest BCUT2D eigenvalue weighted by atomic mass is 19.4. The van der Waals surface area contributed by atoms with Crippen molar-refractivity contribution in [2.75, 3.05) is 0 Å². The van der Waals surface area contributed by atoms with Gasteiger partial charge in [-0.05, 0) is 6.07 Å². The van der Waals surface area contributed by atoms with Crippen molar-refractivity contribution in [2.24, 2.45) is 0 Å². The zero-order chi connectivity index (χ0) is 11.6. The summed E-state index contributed by atoms with van der Waals surface area (Å²) < 4.78 is 36.1. The molecule has 0 aromatic carbocycles. The van der Waals surface area contributed by atoms with Crippen LogP contribution in [-0.2, 0) is 6.42 Å². The number of halogens is 3. The third kappa shape index (κ3) is 2.56. The third-order valence-electron chi connectivity index (χ3n) is 1.77. The molecule has 0 aliphatic carbocycles. The van der Waals surface area contributed by atoms with Crippen molar-refractivity contribution in [1.29, 1.82) is 0 Å². The van der Waals surface area contributed by atoms with Crippen LogP contribution in [0.3, 0.4) is 0 Å². The number of nitrogens with one attached hydrogen (secondary N) is 1. The van der Waals surface area contributed by atoms with Crippen LogP contribution in [-0.4, -0.2) is 26.3 Å². The molecule has 0 fully saturated rings. The molecule has 83 valence electrons. The SMILES string of the molecule is FC(F)(F)Cc1[c]nc(-c2cc[nH]n2)nc1. The Bertz CT molecular complexity index is 447. The number of nitrogens with zero attached hydrogens (tertiary/aromatic N) is 3. The Morgan fingerprint density at radius 1 is 1.38 bits per heavy atom. The van der Waals surface area contributed by atoms with Gasteiger partial charge in [0.05, 0.1) is 12.6 Å². The molecule has 0 aliphatic rings. The fourth-order valence-electron chi connectivity index (χ4n) is 1.13. The van der Waals surface area contributed by atoms with Crippen LogP contribution in [0, 0.1) is 6.20 Å². The second kappa shape index (κ2) is 3.92. The lowest BCUT2D eigenvalue weighted by Gasteiger charge is -2.04. The fraction of sp³-hybridized carbons (Fsp3) is 0.222. The maximum atomic E-state index is 12.0. The van der Waals surface area contributed by atoms with Gasteiger partial charge in [0.2, 0.25) is 0 Å². The Labute approximate surface area is 88.6 Å². The normalized spacial score (nSPS) is 11.7. The van der Waals surface area contributed by atoms with Gasteiger partial charge in [0.25, 0.3) is 0 Å². The van der Waals surface area contributed by atoms with Crippen molar-refractivity contribution in [3.05, 3.63) is 30.2 Å². The Hall–Kier alpha value is -1.92. The summed E-state index contributed by atoms with van der Waals surface area (Å²) in [5.74, 6) is 0.243. The lowest BCUT2D eigenvalue weighted by molar-refractivity contribution is -0.127. The van der Waals surface area contributed by atoms with Gasteiger partial charge in [-0.3, -0.25) is 5.10 Å². The van der Waals surface area contributed by atoms with E-state index < -0.39 is 12.6 Å². The molecule has 2 heterocycles. The summed E-state index contributed by atoms with van der Waals surface area (Å²) in [7, 11) is 0. The van der Waals surface area contributed by atoms with Gasteiger partial charge in [-0.25, -0.2) is 9.97 Å². The molecule has 1 radical (unpaired) electrons. The predicted molar refractivity (Wildman–Crippen MR) is 48.2 cm³/mol. The maximum absolute atomic E-state index is 12.0. The number of hydrogen-bond acceptors (Lipinski definition) is 3. The van der Waals surface area contributed by atoms with Gasteiger partial charge in [0.1, 0.15) is 5.69 Å². The van der Waals surface area contributed by atoms with Crippen LogP contribution in [0.5, 0.6) is 0 Å². The van der Waals surface area contributed by atoms with Crippen LogP contribution >= 0.6 is 0 Å². The summed E-state index contributed by atoms with van der Waals surface area (Å²) >= 11 is 0. The topological polar surface area (TPSA) is 54.5 Å². The average molecular weight is 227 g/mol. The van der Waals surface area contributed by atoms with Crippen LogP contribution in [0.15, 0.2) is 18.5 Å². The highest BCUT2D eigenvalue weighted by Crippen LogP contribution is 2.20. The molecule has 0 saturated heterocycles. The minimum atomic E-state index is -4.27. The van der Waals surface area contributed by atoms with E-state index in [1.54, 1.807) is 12.3 Å². The predicted octanol–water partition coefficient (Wildman–Crippen LogP) is 1.77. The first-order chi connectivity index (χ1) is 7.54. The zero-order valence-electron chi connectivity index (χ0n) is 7.91. The molecule has 1 N–H and O–H groups in total. The van der Waals surface area contributed by atoms with E-state index in [0.29, 0.717) is 5.69 Å². The van der Waals surface area contributed by atoms with Crippen LogP contribution < -0.4 is 0 Å². The second-order valence-electron chi connectivity index (χ2n) is 3.08. The smallest absolute Gasteiger partial charge is 0.285 e. The van der Waals surface area contributed by atoms with Crippen molar-refractivity contribution in [3.63, 3.8) is 0 Å². The first-order valence-electron chi connectivity index (χ1n) is 4.35. The van der Waals surface area contributed by atoms with E-state index in [1.807, 2.05) is 0 Å². The van der Waals surface area contributed by atoms with Crippen LogP contribution in [0.4, 0.5) is 13.2 Å². The number of aromatic nitrogens is 4. The molecule has 0 amide bonds. The van der Waals surface area contributed by atoms with E-state index in [0.717, 1.165) is 6.20 Å². The third-order valence-corrected chi connectivity index (χ3v) is 1.77. The molecule has 0 atom stereocenters. The standard InChI is InChI=1S/C9H6F3N4/c10-9(11,12)3-6-4-13-8(14-5-6)7-1-2-15-16-7/h1-2,4H,3H2,(H,15,16). The van der Waals surface area contributed by atoms with E-state index in [2.05, 4.69) is 26.4 Å². The van der Waals surface area contributed by atoms with Crippen LogP contribution in [0.1, 0.15) is 5.56 Å². The Kier molecular flexibility index (Phi) is 2.59. The largest absolute Gasteiger partial charge is 0.393 e. The summed E-state index contributed by atoms with van der Waals surface area (Å²) in [6, 6.07) is 1.62. The van der Waals surface area contributed by atoms with Gasteiger partial charge >= 0.3 is 6.18 Å². The molecule has 2 aromatic heterocycles. The van der Waals surface area contributed by atoms with E-state index in [4.69, 9.17) is 0 Å². The quantitative estimate of drug-likeness (QED) is 0.850. The Balaban J connectivity index is 2.17. The lowest BCUT2D eigenvalue weighted by Crippen LogP contribution is -2.12. The van der Waals surface area contributed by atoms with Gasteiger partial charge in [0.15, 0.2) is 5.82 Å². The van der Waals surface area contributed by atoms with Crippen molar-refractivity contribution in [2.45, 2.75) is 12.6 Å². The molecule has 4 nitrogen and oxygen atoms in total. The summed E-state index contributed by atoms with van der Waals surface area (Å²) in [5.41, 5.74) is 0.376. The molecule has 0 bridgehead atoms. The van der Waals surface area contributed by atoms with E-state index in [-0.39, 0.29) is 11.4 Å². The minimum absolute atomic E-state index is 0.0909. The first-order valence-corrected chi connectivity index (χ1v) is 4.35. The monoisotopic (exact) mass is 227 g/mol. The molecule has 0 spiro atoms. The van der Waals surface area contributed by atoms with Crippen molar-refractivity contribution in [1.82, 2.24) is 20.2 Å². The highest BCUT2D eigenvalue weighted by Gasteiger charge is 2.28. The molecule has 0 unspecified atom stereocenters. The van der Waals surface area contributed by atoms with Gasteiger partial charge in [-0.15, -0.1) is 0 Å². The molecular weight excluding hydrogens is 221 g/mol. The fourth-order valence-corrected chi connectivity index (χ4v) is 1.13. The first kappa shape index (κ1) is 10.6. The lowest BCUT2D eigenvalue weighted by atomic mass is 10.2. The van der Waals surface area contributed by atoms with Gasteiger partial charge < -0.3 is 0 Å². The number of aromatic amines is 1. The van der Waals surface area contributed by atoms with Crippen LogP contribution in [0.25, 0.3) is 11.5 Å². The maximum Gasteiger partial charge on any atom is 0.393 e. The number of H-pyrrole nitrogens is 1. The Morgan fingerprint density at radius 2 is 2.19 bits per heavy atom. The molecule has 16 heavy (non-hydrogen) atoms. The molecule has 2 aromatic rings. The zero-order valence-corrected chi connectivity index (χ0v) is 7.91. The summed E-state index contributed by atoms with van der Waals surface area (Å²) in [5, 5.41) is 6.36. The summed E-state index contributed by atoms with van der Waals surface area (Å²) in [4.78, 5) is 7.47. The van der Waals surface area contributed by atoms with Gasteiger partial charge in [0, 0.05) is 18.0 Å². The summed E-state index contributed by atoms with van der Waals surface area (Å²) in [6.07, 6.45) is -0.377. The van der Waals surface area contributed by atoms with E-state index in [9.17, 15) is 13.2 Å². The summed E-state index contributed by atoms with van der Waals surface area (Å²) in [6.45, 7) is 0. The van der Waals surface area contributed by atoms with E-state index in [1.165, 1.54) is 0 Å².